The van der Waals surface area contributed by atoms with Gasteiger partial charge in [-0.05, 0) is 104 Å². The Hall–Kier alpha value is -5.46. The van der Waals surface area contributed by atoms with Crippen LogP contribution < -0.4 is 25.4 Å². The third-order valence-electron chi connectivity index (χ3n) is 14.4. The first kappa shape index (κ1) is 44.7. The van der Waals surface area contributed by atoms with Gasteiger partial charge in [0.2, 0.25) is 17.8 Å². The number of piperidine rings is 3. The number of benzene rings is 3. The Balaban J connectivity index is 0.742. The van der Waals surface area contributed by atoms with Crippen LogP contribution in [-0.2, 0) is 35.2 Å². The number of ether oxygens (including phenoxy) is 2. The SMILES string of the molecule is Cn1c(=O)n(C2CCC(=O)NC2=O)c2cccc(CN3CC(N4CCC5(CCN(c6nccc(COc7ccc(C(C)(C)c8cc(Cl)c(OCCCl)c(C#N)c8)cc7)n6)CC5)CC4)C3)c21. The summed E-state index contributed by atoms with van der Waals surface area (Å²) in [7, 11) is 1.77. The zero-order valence-corrected chi connectivity index (χ0v) is 38.7. The number of imide groups is 1. The highest BCUT2D eigenvalue weighted by Crippen LogP contribution is 2.43. The topological polar surface area (TPSA) is 151 Å². The number of amides is 2. The molecule has 0 saturated carbocycles. The molecule has 9 rings (SSSR count). The number of halogens is 2. The Morgan fingerprint density at radius 3 is 2.40 bits per heavy atom. The maximum atomic E-state index is 13.4. The predicted octanol–water partition coefficient (Wildman–Crippen LogP) is 6.72. The molecule has 2 aromatic heterocycles. The van der Waals surface area contributed by atoms with Crippen LogP contribution in [0.4, 0.5) is 5.95 Å². The molecule has 6 heterocycles. The van der Waals surface area contributed by atoms with E-state index < -0.39 is 17.4 Å². The number of para-hydroxylation sites is 1. The lowest BCUT2D eigenvalue weighted by molar-refractivity contribution is -0.135. The molecule has 2 amide bonds. The fraction of sp³-hybridized carbons (Fsp3) is 0.469. The summed E-state index contributed by atoms with van der Waals surface area (Å²) in [5.74, 6) is 1.43. The summed E-state index contributed by atoms with van der Waals surface area (Å²) >= 11 is 12.4. The van der Waals surface area contributed by atoms with E-state index in [-0.39, 0.29) is 24.6 Å². The number of aryl methyl sites for hydroxylation is 1. The minimum absolute atomic E-state index is 0.222. The quantitative estimate of drug-likeness (QED) is 0.0991. The van der Waals surface area contributed by atoms with Gasteiger partial charge in [0.05, 0.1) is 33.2 Å². The molecule has 1 N–H and O–H groups in total. The van der Waals surface area contributed by atoms with Gasteiger partial charge < -0.3 is 14.4 Å². The average molecular weight is 921 g/mol. The number of imidazole rings is 1. The van der Waals surface area contributed by atoms with Crippen LogP contribution in [0.3, 0.4) is 0 Å². The first-order chi connectivity index (χ1) is 31.4. The van der Waals surface area contributed by atoms with Crippen LogP contribution in [0.5, 0.6) is 11.5 Å². The van der Waals surface area contributed by atoms with E-state index in [0.29, 0.717) is 46.7 Å². The van der Waals surface area contributed by atoms with E-state index in [2.05, 4.69) is 51.0 Å². The van der Waals surface area contributed by atoms with Gasteiger partial charge in [0.25, 0.3) is 0 Å². The standard InChI is InChI=1S/C49H55Cl2N9O5/c1-48(2,35-25-33(27-52)44(39(51)26-35)64-24-18-50)34-7-9-38(10-8-34)65-31-36-13-19-53-46(54-36)59-22-16-49(17-23-59)14-20-58(21-15-49)37-29-57(30-37)28-32-5-4-6-40-43(32)56(3)47(63)60(40)41-11-12-42(61)55-45(41)62/h4-10,13,19,25-26,37,41H,11-12,14-18,20-24,28-31H2,1-3H3,(H,55,61,62). The van der Waals surface area contributed by atoms with Gasteiger partial charge in [-0.2, -0.15) is 5.26 Å². The Labute approximate surface area is 389 Å². The minimum Gasteiger partial charge on any atom is -0.489 e. The normalized spacial score (nSPS) is 19.6. The van der Waals surface area contributed by atoms with Crippen molar-refractivity contribution in [3.8, 4) is 17.6 Å². The Bertz CT molecular complexity index is 2690. The molecule has 16 heteroatoms. The van der Waals surface area contributed by atoms with Crippen LogP contribution >= 0.6 is 23.2 Å². The Morgan fingerprint density at radius 2 is 1.69 bits per heavy atom. The van der Waals surface area contributed by atoms with Crippen LogP contribution in [0.2, 0.25) is 5.02 Å². The van der Waals surface area contributed by atoms with Crippen LogP contribution in [-0.4, -0.2) is 98.5 Å². The number of aromatic nitrogens is 4. The number of hydrogen-bond donors (Lipinski definition) is 1. The molecule has 3 aromatic carbocycles. The van der Waals surface area contributed by atoms with Gasteiger partial charge in [0, 0.05) is 63.8 Å². The summed E-state index contributed by atoms with van der Waals surface area (Å²) in [6.45, 7) is 11.6. The van der Waals surface area contributed by atoms with Crippen molar-refractivity contribution in [3.05, 3.63) is 110 Å². The number of nitriles is 1. The minimum atomic E-state index is -0.688. The second-order valence-corrected chi connectivity index (χ2v) is 19.4. The monoisotopic (exact) mass is 919 g/mol. The summed E-state index contributed by atoms with van der Waals surface area (Å²) < 4.78 is 15.1. The average Bonchev–Trinajstić information content (AvgIpc) is 3.55. The third kappa shape index (κ3) is 8.96. The number of carbonyl (C=O) groups is 2. The van der Waals surface area contributed by atoms with Crippen LogP contribution in [0.15, 0.2) is 71.7 Å². The van der Waals surface area contributed by atoms with Gasteiger partial charge in [-0.1, -0.05) is 49.7 Å². The van der Waals surface area contributed by atoms with Crippen molar-refractivity contribution >= 4 is 52.0 Å². The lowest BCUT2D eigenvalue weighted by Gasteiger charge is -2.52. The second-order valence-electron chi connectivity index (χ2n) is 18.6. The lowest BCUT2D eigenvalue weighted by Crippen LogP contribution is -2.61. The first-order valence-corrected chi connectivity index (χ1v) is 23.5. The number of rotatable bonds is 13. The van der Waals surface area contributed by atoms with Crippen LogP contribution in [0, 0.1) is 16.7 Å². The van der Waals surface area contributed by atoms with Crippen molar-refractivity contribution in [1.82, 2.24) is 34.2 Å². The van der Waals surface area contributed by atoms with Crippen molar-refractivity contribution in [2.24, 2.45) is 12.5 Å². The summed E-state index contributed by atoms with van der Waals surface area (Å²) in [4.78, 5) is 54.9. The van der Waals surface area contributed by atoms with Crippen molar-refractivity contribution in [2.75, 3.05) is 56.7 Å². The lowest BCUT2D eigenvalue weighted by atomic mass is 9.71. The van der Waals surface area contributed by atoms with Gasteiger partial charge in [0.1, 0.15) is 31.1 Å². The highest BCUT2D eigenvalue weighted by atomic mass is 35.5. The summed E-state index contributed by atoms with van der Waals surface area (Å²) in [5, 5.41) is 12.6. The molecule has 0 radical (unpaired) electrons. The van der Waals surface area contributed by atoms with Crippen LogP contribution in [0.1, 0.15) is 86.4 Å². The van der Waals surface area contributed by atoms with E-state index in [1.54, 1.807) is 16.2 Å². The smallest absolute Gasteiger partial charge is 0.329 e. The number of nitrogens with one attached hydrogen (secondary N) is 1. The summed E-state index contributed by atoms with van der Waals surface area (Å²) in [5.41, 5.74) is 5.48. The molecule has 1 spiro atoms. The number of nitrogens with zero attached hydrogens (tertiary/aromatic N) is 8. The number of carbonyl (C=O) groups excluding carboxylic acids is 2. The van der Waals surface area contributed by atoms with Gasteiger partial charge in [-0.3, -0.25) is 33.8 Å². The molecule has 1 atom stereocenters. The zero-order chi connectivity index (χ0) is 45.5. The molecule has 65 heavy (non-hydrogen) atoms. The van der Waals surface area contributed by atoms with Gasteiger partial charge in [-0.25, -0.2) is 14.8 Å². The highest BCUT2D eigenvalue weighted by molar-refractivity contribution is 6.32. The Kier molecular flexibility index (Phi) is 12.7. The van der Waals surface area contributed by atoms with Crippen molar-refractivity contribution < 1.29 is 19.1 Å². The van der Waals surface area contributed by atoms with E-state index in [1.807, 2.05) is 60.8 Å². The second kappa shape index (κ2) is 18.4. The number of fused-ring (bicyclic) bond motifs is 1. The van der Waals surface area contributed by atoms with Gasteiger partial charge in [0.15, 0.2) is 5.75 Å². The maximum absolute atomic E-state index is 13.4. The summed E-state index contributed by atoms with van der Waals surface area (Å²) in [6, 6.07) is 21.6. The predicted molar refractivity (Wildman–Crippen MR) is 250 cm³/mol. The number of likely N-dealkylation sites (tertiary alicyclic amines) is 2. The van der Waals surface area contributed by atoms with Crippen molar-refractivity contribution in [1.29, 1.82) is 5.26 Å². The van der Waals surface area contributed by atoms with Gasteiger partial charge >= 0.3 is 5.69 Å². The molecule has 0 bridgehead atoms. The third-order valence-corrected chi connectivity index (χ3v) is 14.8. The number of anilines is 1. The van der Waals surface area contributed by atoms with E-state index >= 15 is 0 Å². The van der Waals surface area contributed by atoms with Crippen molar-refractivity contribution in [2.45, 2.75) is 83.0 Å². The molecule has 4 aliphatic heterocycles. The molecule has 4 aliphatic rings. The fourth-order valence-corrected chi connectivity index (χ4v) is 10.6. The molecule has 14 nitrogen and oxygen atoms in total. The zero-order valence-electron chi connectivity index (χ0n) is 37.2. The molecule has 340 valence electrons. The molecular weight excluding hydrogens is 866 g/mol. The van der Waals surface area contributed by atoms with Crippen LogP contribution in [0.25, 0.3) is 11.0 Å². The fourth-order valence-electron chi connectivity index (χ4n) is 10.3. The molecule has 4 saturated heterocycles. The van der Waals surface area contributed by atoms with E-state index in [4.69, 9.17) is 37.7 Å². The molecular formula is C49H55Cl2N9O5. The summed E-state index contributed by atoms with van der Waals surface area (Å²) in [6.07, 6.45) is 7.01. The molecule has 0 aliphatic carbocycles. The van der Waals surface area contributed by atoms with E-state index in [9.17, 15) is 19.6 Å². The first-order valence-electron chi connectivity index (χ1n) is 22.6. The maximum Gasteiger partial charge on any atom is 0.329 e. The number of hydrogen-bond acceptors (Lipinski definition) is 11. The molecule has 4 fully saturated rings. The Morgan fingerprint density at radius 1 is 0.954 bits per heavy atom. The van der Waals surface area contributed by atoms with Gasteiger partial charge in [-0.15, -0.1) is 11.6 Å². The van der Waals surface area contributed by atoms with E-state index in [0.717, 1.165) is 104 Å². The highest BCUT2D eigenvalue weighted by Gasteiger charge is 2.42. The molecule has 5 aromatic rings. The van der Waals surface area contributed by atoms with Crippen molar-refractivity contribution in [3.63, 3.8) is 0 Å². The number of alkyl halides is 1. The largest absolute Gasteiger partial charge is 0.489 e. The molecule has 1 unspecified atom stereocenters. The van der Waals surface area contributed by atoms with E-state index in [1.165, 1.54) is 12.8 Å².